The molecular formula is C12H16BrNO2. The molecule has 4 heteroatoms. The SMILES string of the molecule is CNCC(=O)c1cc(C)c(Br)c(C)c1OC. The molecule has 0 atom stereocenters. The summed E-state index contributed by atoms with van der Waals surface area (Å²) >= 11 is 3.49. The number of hydrogen-bond acceptors (Lipinski definition) is 3. The van der Waals surface area contributed by atoms with Gasteiger partial charge in [0.15, 0.2) is 5.78 Å². The molecule has 0 aliphatic heterocycles. The number of methoxy groups -OCH3 is 1. The summed E-state index contributed by atoms with van der Waals surface area (Å²) in [6.07, 6.45) is 0. The van der Waals surface area contributed by atoms with Crippen molar-refractivity contribution in [3.8, 4) is 5.75 Å². The molecule has 3 nitrogen and oxygen atoms in total. The van der Waals surface area contributed by atoms with E-state index in [2.05, 4.69) is 21.2 Å². The van der Waals surface area contributed by atoms with Crippen LogP contribution in [0.3, 0.4) is 0 Å². The Morgan fingerprint density at radius 2 is 2.12 bits per heavy atom. The highest BCUT2D eigenvalue weighted by Crippen LogP contribution is 2.33. The third-order valence-electron chi connectivity index (χ3n) is 2.46. The van der Waals surface area contributed by atoms with Gasteiger partial charge in [0.1, 0.15) is 5.75 Å². The zero-order chi connectivity index (χ0) is 12.3. The van der Waals surface area contributed by atoms with Crippen LogP contribution in [0.15, 0.2) is 10.5 Å². The van der Waals surface area contributed by atoms with Gasteiger partial charge in [0, 0.05) is 10.0 Å². The summed E-state index contributed by atoms with van der Waals surface area (Å²) in [5.74, 6) is 0.691. The lowest BCUT2D eigenvalue weighted by atomic mass is 10.0. The summed E-state index contributed by atoms with van der Waals surface area (Å²) < 4.78 is 6.29. The number of carbonyl (C=O) groups is 1. The van der Waals surface area contributed by atoms with Gasteiger partial charge in [0.05, 0.1) is 19.2 Å². The van der Waals surface area contributed by atoms with Gasteiger partial charge in [-0.3, -0.25) is 4.79 Å². The maximum absolute atomic E-state index is 11.9. The molecule has 0 saturated heterocycles. The van der Waals surface area contributed by atoms with Crippen molar-refractivity contribution in [2.24, 2.45) is 0 Å². The number of nitrogens with one attached hydrogen (secondary N) is 1. The molecular weight excluding hydrogens is 270 g/mol. The zero-order valence-corrected chi connectivity index (χ0v) is 11.6. The molecule has 0 heterocycles. The molecule has 0 aliphatic carbocycles. The number of likely N-dealkylation sites (N-methyl/N-ethyl adjacent to an activating group) is 1. The molecule has 16 heavy (non-hydrogen) atoms. The average Bonchev–Trinajstić information content (AvgIpc) is 2.26. The summed E-state index contributed by atoms with van der Waals surface area (Å²) in [6, 6.07) is 1.86. The van der Waals surface area contributed by atoms with Crippen LogP contribution in [0.25, 0.3) is 0 Å². The lowest BCUT2D eigenvalue weighted by Crippen LogP contribution is -2.19. The first-order valence-electron chi connectivity index (χ1n) is 5.04. The van der Waals surface area contributed by atoms with Gasteiger partial charge in [-0.15, -0.1) is 0 Å². The number of halogens is 1. The predicted molar refractivity (Wildman–Crippen MR) is 68.4 cm³/mol. The van der Waals surface area contributed by atoms with Crippen molar-refractivity contribution in [1.82, 2.24) is 5.32 Å². The fraction of sp³-hybridized carbons (Fsp3) is 0.417. The van der Waals surface area contributed by atoms with Gasteiger partial charge >= 0.3 is 0 Å². The highest BCUT2D eigenvalue weighted by Gasteiger charge is 2.17. The zero-order valence-electron chi connectivity index (χ0n) is 9.98. The Labute approximate surface area is 104 Å². The summed E-state index contributed by atoms with van der Waals surface area (Å²) in [7, 11) is 3.34. The third kappa shape index (κ3) is 2.44. The normalized spacial score (nSPS) is 10.3. The largest absolute Gasteiger partial charge is 0.496 e. The highest BCUT2D eigenvalue weighted by atomic mass is 79.9. The first-order valence-corrected chi connectivity index (χ1v) is 5.83. The van der Waals surface area contributed by atoms with E-state index in [1.54, 1.807) is 14.2 Å². The monoisotopic (exact) mass is 285 g/mol. The van der Waals surface area contributed by atoms with Crippen LogP contribution < -0.4 is 10.1 Å². The van der Waals surface area contributed by atoms with E-state index in [1.807, 2.05) is 19.9 Å². The highest BCUT2D eigenvalue weighted by molar-refractivity contribution is 9.10. The van der Waals surface area contributed by atoms with Crippen molar-refractivity contribution in [1.29, 1.82) is 0 Å². The predicted octanol–water partition coefficient (Wildman–Crippen LogP) is 2.48. The molecule has 1 aromatic carbocycles. The standard InChI is InChI=1S/C12H16BrNO2/c1-7-5-9(10(15)6-14-3)12(16-4)8(2)11(7)13/h5,14H,6H2,1-4H3. The molecule has 0 aliphatic rings. The van der Waals surface area contributed by atoms with E-state index >= 15 is 0 Å². The van der Waals surface area contributed by atoms with Gasteiger partial charge < -0.3 is 10.1 Å². The minimum Gasteiger partial charge on any atom is -0.496 e. The second-order valence-corrected chi connectivity index (χ2v) is 4.46. The Morgan fingerprint density at radius 3 is 2.62 bits per heavy atom. The van der Waals surface area contributed by atoms with E-state index in [-0.39, 0.29) is 5.78 Å². The van der Waals surface area contributed by atoms with Crippen LogP contribution in [-0.2, 0) is 0 Å². The first-order chi connectivity index (χ1) is 7.52. The van der Waals surface area contributed by atoms with E-state index in [4.69, 9.17) is 4.74 Å². The summed E-state index contributed by atoms with van der Waals surface area (Å²) in [5.41, 5.74) is 2.63. The summed E-state index contributed by atoms with van der Waals surface area (Å²) in [5, 5.41) is 2.85. The Morgan fingerprint density at radius 1 is 1.50 bits per heavy atom. The smallest absolute Gasteiger partial charge is 0.180 e. The number of Topliss-reactive ketones (excluding diaryl/α,β-unsaturated/α-hetero) is 1. The molecule has 0 fully saturated rings. The van der Waals surface area contributed by atoms with E-state index in [1.165, 1.54) is 0 Å². The molecule has 0 aromatic heterocycles. The van der Waals surface area contributed by atoms with Gasteiger partial charge in [0.25, 0.3) is 0 Å². The molecule has 1 rings (SSSR count). The molecule has 0 bridgehead atoms. The van der Waals surface area contributed by atoms with Crippen LogP contribution in [-0.4, -0.2) is 26.5 Å². The molecule has 0 amide bonds. The van der Waals surface area contributed by atoms with Crippen molar-refractivity contribution < 1.29 is 9.53 Å². The molecule has 88 valence electrons. The maximum Gasteiger partial charge on any atom is 0.180 e. The lowest BCUT2D eigenvalue weighted by Gasteiger charge is -2.14. The van der Waals surface area contributed by atoms with Crippen molar-refractivity contribution in [2.75, 3.05) is 20.7 Å². The quantitative estimate of drug-likeness (QED) is 0.864. The van der Waals surface area contributed by atoms with Gasteiger partial charge in [-0.05, 0) is 32.5 Å². The Balaban J connectivity index is 3.33. The Kier molecular flexibility index (Phi) is 4.50. The molecule has 0 radical (unpaired) electrons. The second-order valence-electron chi connectivity index (χ2n) is 3.67. The topological polar surface area (TPSA) is 38.3 Å². The number of aryl methyl sites for hydroxylation is 1. The number of hydrogen-bond donors (Lipinski definition) is 1. The van der Waals surface area contributed by atoms with E-state index in [0.29, 0.717) is 17.9 Å². The first kappa shape index (κ1) is 13.2. The van der Waals surface area contributed by atoms with Gasteiger partial charge in [-0.2, -0.15) is 0 Å². The summed E-state index contributed by atoms with van der Waals surface area (Å²) in [6.45, 7) is 4.22. The van der Waals surface area contributed by atoms with Gasteiger partial charge in [0.2, 0.25) is 0 Å². The molecule has 1 N–H and O–H groups in total. The second kappa shape index (κ2) is 5.46. The fourth-order valence-electron chi connectivity index (χ4n) is 1.67. The number of rotatable bonds is 4. The van der Waals surface area contributed by atoms with E-state index in [0.717, 1.165) is 15.6 Å². The Hall–Kier alpha value is -0.870. The van der Waals surface area contributed by atoms with Crippen LogP contribution in [0.1, 0.15) is 21.5 Å². The third-order valence-corrected chi connectivity index (χ3v) is 3.68. The lowest BCUT2D eigenvalue weighted by molar-refractivity contribution is 0.0990. The van der Waals surface area contributed by atoms with Crippen LogP contribution in [0, 0.1) is 13.8 Å². The maximum atomic E-state index is 11.9. The Bertz CT molecular complexity index is 416. The number of ether oxygens (including phenoxy) is 1. The van der Waals surface area contributed by atoms with Crippen molar-refractivity contribution >= 4 is 21.7 Å². The van der Waals surface area contributed by atoms with Crippen molar-refractivity contribution in [3.05, 3.63) is 27.2 Å². The number of ketones is 1. The van der Waals surface area contributed by atoms with Gasteiger partial charge in [-0.1, -0.05) is 15.9 Å². The summed E-state index contributed by atoms with van der Waals surface area (Å²) in [4.78, 5) is 11.9. The van der Waals surface area contributed by atoms with Crippen molar-refractivity contribution in [3.63, 3.8) is 0 Å². The van der Waals surface area contributed by atoms with Crippen LogP contribution >= 0.6 is 15.9 Å². The molecule has 1 aromatic rings. The fourth-order valence-corrected chi connectivity index (χ4v) is 1.96. The van der Waals surface area contributed by atoms with Gasteiger partial charge in [-0.25, -0.2) is 0 Å². The van der Waals surface area contributed by atoms with Crippen LogP contribution in [0.4, 0.5) is 0 Å². The van der Waals surface area contributed by atoms with E-state index in [9.17, 15) is 4.79 Å². The van der Waals surface area contributed by atoms with Crippen molar-refractivity contribution in [2.45, 2.75) is 13.8 Å². The minimum atomic E-state index is 0.0399. The number of benzene rings is 1. The molecule has 0 unspecified atom stereocenters. The van der Waals surface area contributed by atoms with Crippen LogP contribution in [0.2, 0.25) is 0 Å². The van der Waals surface area contributed by atoms with E-state index < -0.39 is 0 Å². The van der Waals surface area contributed by atoms with Crippen LogP contribution in [0.5, 0.6) is 5.75 Å². The molecule has 0 spiro atoms. The molecule has 0 saturated carbocycles. The minimum absolute atomic E-state index is 0.0399. The average molecular weight is 286 g/mol. The number of carbonyl (C=O) groups excluding carboxylic acids is 1.